The number of benzene rings is 2. The lowest BCUT2D eigenvalue weighted by Gasteiger charge is -2.25. The molecule has 0 saturated carbocycles. The summed E-state index contributed by atoms with van der Waals surface area (Å²) in [4.78, 5) is 27.0. The highest BCUT2D eigenvalue weighted by atomic mass is 35.5. The van der Waals surface area contributed by atoms with Gasteiger partial charge in [0.1, 0.15) is 5.76 Å². The van der Waals surface area contributed by atoms with Crippen LogP contribution < -0.4 is 4.74 Å². The number of aromatic hydroxyl groups is 1. The van der Waals surface area contributed by atoms with Crippen molar-refractivity contribution in [2.75, 3.05) is 26.9 Å². The molecule has 0 radical (unpaired) electrons. The van der Waals surface area contributed by atoms with Gasteiger partial charge in [-0.25, -0.2) is 0 Å². The van der Waals surface area contributed by atoms with Gasteiger partial charge in [-0.05, 0) is 36.8 Å². The summed E-state index contributed by atoms with van der Waals surface area (Å²) < 4.78 is 10.5. The molecule has 0 aliphatic carbocycles. The molecule has 0 aromatic heterocycles. The van der Waals surface area contributed by atoms with Crippen LogP contribution >= 0.6 is 11.6 Å². The second-order valence-electron chi connectivity index (χ2n) is 6.66. The highest BCUT2D eigenvalue weighted by molar-refractivity contribution is 6.46. The van der Waals surface area contributed by atoms with Gasteiger partial charge in [0.25, 0.3) is 11.7 Å². The number of carbonyl (C=O) groups excluding carboxylic acids is 2. The Morgan fingerprint density at radius 1 is 1.20 bits per heavy atom. The molecule has 1 atom stereocenters. The van der Waals surface area contributed by atoms with Crippen LogP contribution in [0.3, 0.4) is 0 Å². The summed E-state index contributed by atoms with van der Waals surface area (Å²) in [6.45, 7) is 2.44. The summed E-state index contributed by atoms with van der Waals surface area (Å²) in [5.74, 6) is -1.72. The van der Waals surface area contributed by atoms with Crippen LogP contribution in [0.5, 0.6) is 11.5 Å². The minimum absolute atomic E-state index is 0.0634. The highest BCUT2D eigenvalue weighted by Gasteiger charge is 2.46. The van der Waals surface area contributed by atoms with Crippen molar-refractivity contribution in [3.63, 3.8) is 0 Å². The third-order valence-corrected chi connectivity index (χ3v) is 5.01. The molecule has 2 aromatic carbocycles. The fraction of sp³-hybridized carbons (Fsp3) is 0.273. The maximum Gasteiger partial charge on any atom is 0.295 e. The van der Waals surface area contributed by atoms with Crippen LogP contribution in [-0.4, -0.2) is 53.7 Å². The molecular weight excluding hydrogens is 410 g/mol. The van der Waals surface area contributed by atoms with Crippen LogP contribution in [0.25, 0.3) is 5.76 Å². The quantitative estimate of drug-likeness (QED) is 0.395. The van der Waals surface area contributed by atoms with E-state index in [0.717, 1.165) is 0 Å². The van der Waals surface area contributed by atoms with E-state index >= 15 is 0 Å². The topological polar surface area (TPSA) is 96.3 Å². The van der Waals surface area contributed by atoms with Gasteiger partial charge in [0.05, 0.1) is 24.8 Å². The van der Waals surface area contributed by atoms with Gasteiger partial charge in [-0.3, -0.25) is 9.59 Å². The largest absolute Gasteiger partial charge is 0.507 e. The van der Waals surface area contributed by atoms with Crippen LogP contribution in [0.4, 0.5) is 0 Å². The van der Waals surface area contributed by atoms with E-state index in [1.54, 1.807) is 37.3 Å². The maximum atomic E-state index is 12.9. The number of hydrogen-bond donors (Lipinski definition) is 2. The molecule has 1 amide bonds. The first-order valence-electron chi connectivity index (χ1n) is 9.38. The predicted molar refractivity (Wildman–Crippen MR) is 112 cm³/mol. The van der Waals surface area contributed by atoms with Crippen molar-refractivity contribution in [3.8, 4) is 11.5 Å². The lowest BCUT2D eigenvalue weighted by molar-refractivity contribution is -0.140. The summed E-state index contributed by atoms with van der Waals surface area (Å²) >= 11 is 6.03. The molecule has 1 unspecified atom stereocenters. The van der Waals surface area contributed by atoms with E-state index in [1.165, 1.54) is 24.1 Å². The number of amides is 1. The molecule has 1 heterocycles. The molecule has 2 N–H and O–H groups in total. The van der Waals surface area contributed by atoms with Gasteiger partial charge < -0.3 is 24.6 Å². The molecule has 2 aromatic rings. The van der Waals surface area contributed by atoms with Crippen molar-refractivity contribution < 1.29 is 29.3 Å². The molecule has 0 spiro atoms. The zero-order chi connectivity index (χ0) is 21.8. The number of ketones is 1. The zero-order valence-corrected chi connectivity index (χ0v) is 17.3. The summed E-state index contributed by atoms with van der Waals surface area (Å²) in [6, 6.07) is 10.1. The molecule has 1 aliphatic heterocycles. The number of aliphatic hydroxyl groups excluding tert-OH is 1. The molecule has 1 fully saturated rings. The lowest BCUT2D eigenvalue weighted by Crippen LogP contribution is -2.32. The number of hydrogen-bond acceptors (Lipinski definition) is 6. The molecule has 1 saturated heterocycles. The number of halogens is 1. The summed E-state index contributed by atoms with van der Waals surface area (Å²) in [5, 5.41) is 21.4. The van der Waals surface area contributed by atoms with Gasteiger partial charge in [0, 0.05) is 24.2 Å². The average molecular weight is 432 g/mol. The number of methoxy groups -OCH3 is 1. The number of aliphatic hydroxyl groups is 1. The fourth-order valence-corrected chi connectivity index (χ4v) is 3.60. The second-order valence-corrected chi connectivity index (χ2v) is 7.09. The number of phenols is 1. The van der Waals surface area contributed by atoms with Crippen molar-refractivity contribution in [2.24, 2.45) is 0 Å². The van der Waals surface area contributed by atoms with E-state index in [9.17, 15) is 19.8 Å². The van der Waals surface area contributed by atoms with Gasteiger partial charge in [0.15, 0.2) is 11.5 Å². The Balaban J connectivity index is 2.19. The Hall–Kier alpha value is -3.03. The molecular formula is C22H22ClNO6. The monoisotopic (exact) mass is 431 g/mol. The number of carbonyl (C=O) groups is 2. The van der Waals surface area contributed by atoms with E-state index in [4.69, 9.17) is 21.1 Å². The highest BCUT2D eigenvalue weighted by Crippen LogP contribution is 2.41. The number of likely N-dealkylation sites (tertiary alicyclic amines) is 1. The first-order chi connectivity index (χ1) is 14.4. The van der Waals surface area contributed by atoms with Crippen molar-refractivity contribution in [1.29, 1.82) is 0 Å². The Morgan fingerprint density at radius 2 is 1.97 bits per heavy atom. The third kappa shape index (κ3) is 4.13. The Bertz CT molecular complexity index is 1000. The number of phenolic OH excluding ortho intramolecular Hbond substituents is 1. The molecule has 30 heavy (non-hydrogen) atoms. The molecule has 158 valence electrons. The van der Waals surface area contributed by atoms with Crippen LogP contribution in [-0.2, 0) is 14.3 Å². The standard InChI is InChI=1S/C22H22ClNO6/c1-3-30-17-12-13(7-8-16(17)25)19-18(20(26)14-5-4-6-15(23)11-14)21(27)22(28)24(19)9-10-29-2/h4-8,11-12,19,25-26H,3,9-10H2,1-2H3/b20-18-. The maximum absolute atomic E-state index is 12.9. The normalized spacial score (nSPS) is 18.1. The van der Waals surface area contributed by atoms with Crippen LogP contribution in [0.1, 0.15) is 24.1 Å². The summed E-state index contributed by atoms with van der Waals surface area (Å²) in [6.07, 6.45) is 0. The first kappa shape index (κ1) is 21.7. The SMILES string of the molecule is CCOc1cc(C2/C(=C(/O)c3cccc(Cl)c3)C(=O)C(=O)N2CCOC)ccc1O. The summed E-state index contributed by atoms with van der Waals surface area (Å²) in [5.41, 5.74) is 0.766. The predicted octanol–water partition coefficient (Wildman–Crippen LogP) is 3.51. The molecule has 3 rings (SSSR count). The van der Waals surface area contributed by atoms with Crippen molar-refractivity contribution >= 4 is 29.1 Å². The van der Waals surface area contributed by atoms with Crippen LogP contribution in [0.2, 0.25) is 5.02 Å². The first-order valence-corrected chi connectivity index (χ1v) is 9.75. The average Bonchev–Trinajstić information content (AvgIpc) is 2.98. The Labute approximate surface area is 179 Å². The Morgan fingerprint density at radius 3 is 2.63 bits per heavy atom. The van der Waals surface area contributed by atoms with Crippen molar-refractivity contribution in [1.82, 2.24) is 4.90 Å². The Kier molecular flexibility index (Phi) is 6.64. The van der Waals surface area contributed by atoms with E-state index in [1.807, 2.05) is 0 Å². The smallest absolute Gasteiger partial charge is 0.295 e. The van der Waals surface area contributed by atoms with Crippen molar-refractivity contribution in [3.05, 3.63) is 64.2 Å². The lowest BCUT2D eigenvalue weighted by atomic mass is 9.95. The van der Waals surface area contributed by atoms with Crippen LogP contribution in [0.15, 0.2) is 48.0 Å². The fourth-order valence-electron chi connectivity index (χ4n) is 3.41. The number of Topliss-reactive ketones (excluding diaryl/α,β-unsaturated/α-hetero) is 1. The number of ether oxygens (including phenoxy) is 2. The van der Waals surface area contributed by atoms with Crippen molar-refractivity contribution in [2.45, 2.75) is 13.0 Å². The van der Waals surface area contributed by atoms with E-state index < -0.39 is 17.7 Å². The number of nitrogens with zero attached hydrogens (tertiary/aromatic N) is 1. The third-order valence-electron chi connectivity index (χ3n) is 4.77. The van der Waals surface area contributed by atoms with Crippen LogP contribution in [0, 0.1) is 0 Å². The number of rotatable bonds is 7. The molecule has 8 heteroatoms. The van der Waals surface area contributed by atoms with Gasteiger partial charge >= 0.3 is 0 Å². The van der Waals surface area contributed by atoms with E-state index in [2.05, 4.69) is 0 Å². The van der Waals surface area contributed by atoms with Gasteiger partial charge in [0.2, 0.25) is 0 Å². The molecule has 7 nitrogen and oxygen atoms in total. The second kappa shape index (κ2) is 9.19. The van der Waals surface area contributed by atoms with E-state index in [-0.39, 0.29) is 36.0 Å². The molecule has 0 bridgehead atoms. The summed E-state index contributed by atoms with van der Waals surface area (Å²) in [7, 11) is 1.49. The molecule has 1 aliphatic rings. The minimum Gasteiger partial charge on any atom is -0.507 e. The minimum atomic E-state index is -0.876. The van der Waals surface area contributed by atoms with Gasteiger partial charge in [-0.1, -0.05) is 29.8 Å². The van der Waals surface area contributed by atoms with Gasteiger partial charge in [-0.15, -0.1) is 0 Å². The van der Waals surface area contributed by atoms with E-state index in [0.29, 0.717) is 22.8 Å². The van der Waals surface area contributed by atoms with Gasteiger partial charge in [-0.2, -0.15) is 0 Å². The zero-order valence-electron chi connectivity index (χ0n) is 16.6.